The number of aromatic nitrogens is 5. The van der Waals surface area contributed by atoms with Gasteiger partial charge in [0.2, 0.25) is 0 Å². The van der Waals surface area contributed by atoms with Crippen LogP contribution in [-0.4, -0.2) is 24.6 Å². The molecule has 8 heteroatoms. The Morgan fingerprint density at radius 2 is 2.04 bits per heavy atom. The smallest absolute Gasteiger partial charge is 0.289 e. The first kappa shape index (κ1) is 15.6. The van der Waals surface area contributed by atoms with Crippen molar-refractivity contribution in [2.24, 2.45) is 0 Å². The normalized spacial score (nSPS) is 12.4. The fourth-order valence-corrected chi connectivity index (χ4v) is 3.07. The lowest BCUT2D eigenvalue weighted by Crippen LogP contribution is -2.04. The topological polar surface area (TPSA) is 58.9 Å². The van der Waals surface area contributed by atoms with Gasteiger partial charge in [-0.2, -0.15) is 18.3 Å². The Labute approximate surface area is 140 Å². The zero-order valence-electron chi connectivity index (χ0n) is 13.5. The van der Waals surface area contributed by atoms with Gasteiger partial charge in [-0.15, -0.1) is 0 Å². The highest BCUT2D eigenvalue weighted by molar-refractivity contribution is 5.90. The Bertz CT molecular complexity index is 1090. The number of halogens is 3. The first-order valence-corrected chi connectivity index (χ1v) is 7.76. The first-order valence-electron chi connectivity index (χ1n) is 7.76. The summed E-state index contributed by atoms with van der Waals surface area (Å²) < 4.78 is 40.5. The number of fused-ring (bicyclic) bond motifs is 2. The van der Waals surface area contributed by atoms with Crippen LogP contribution in [0.3, 0.4) is 0 Å². The summed E-state index contributed by atoms with van der Waals surface area (Å²) in [6.07, 6.45) is 0.123. The maximum atomic E-state index is 13.1. The number of H-pyrrole nitrogens is 1. The molecule has 0 radical (unpaired) electrons. The van der Waals surface area contributed by atoms with Crippen molar-refractivity contribution in [3.63, 3.8) is 0 Å². The Hall–Kier alpha value is -2.90. The molecule has 1 N–H and O–H groups in total. The van der Waals surface area contributed by atoms with Crippen molar-refractivity contribution in [3.05, 3.63) is 47.8 Å². The minimum absolute atomic E-state index is 0.251. The van der Waals surface area contributed by atoms with E-state index in [1.165, 1.54) is 10.7 Å². The maximum absolute atomic E-state index is 13.1. The SMILES string of the molecule is CCc1ncn2cc(C(F)(F)F)nc2c1-c1cc(C)c2[nH]ncc2c1. The molecule has 128 valence electrons. The molecule has 1 aromatic carbocycles. The number of aryl methyl sites for hydroxylation is 2. The average molecular weight is 345 g/mol. The highest BCUT2D eigenvalue weighted by Gasteiger charge is 2.34. The lowest BCUT2D eigenvalue weighted by molar-refractivity contribution is -0.140. The molecule has 0 saturated heterocycles. The van der Waals surface area contributed by atoms with E-state index in [1.807, 2.05) is 26.0 Å². The van der Waals surface area contributed by atoms with Crippen LogP contribution in [0.2, 0.25) is 0 Å². The van der Waals surface area contributed by atoms with Gasteiger partial charge in [0.25, 0.3) is 0 Å². The van der Waals surface area contributed by atoms with Crippen molar-refractivity contribution >= 4 is 16.6 Å². The third kappa shape index (κ3) is 2.45. The molecule has 0 amide bonds. The second-order valence-electron chi connectivity index (χ2n) is 5.90. The summed E-state index contributed by atoms with van der Waals surface area (Å²) in [5, 5.41) is 7.84. The average Bonchev–Trinajstić information content (AvgIpc) is 3.19. The number of aromatic amines is 1. The van der Waals surface area contributed by atoms with Gasteiger partial charge in [-0.3, -0.25) is 9.50 Å². The van der Waals surface area contributed by atoms with Crippen LogP contribution in [0.1, 0.15) is 23.9 Å². The predicted molar refractivity (Wildman–Crippen MR) is 87.2 cm³/mol. The molecule has 4 aromatic rings. The molecule has 0 aliphatic carbocycles. The van der Waals surface area contributed by atoms with Gasteiger partial charge in [-0.1, -0.05) is 6.92 Å². The first-order chi connectivity index (χ1) is 11.9. The number of hydrogen-bond acceptors (Lipinski definition) is 3. The van der Waals surface area contributed by atoms with E-state index in [0.29, 0.717) is 17.7 Å². The van der Waals surface area contributed by atoms with E-state index in [-0.39, 0.29) is 5.65 Å². The number of hydrogen-bond donors (Lipinski definition) is 1. The van der Waals surface area contributed by atoms with Gasteiger partial charge in [0.05, 0.1) is 17.4 Å². The van der Waals surface area contributed by atoms with Crippen LogP contribution in [0.25, 0.3) is 27.7 Å². The molecule has 0 unspecified atom stereocenters. The number of nitrogens with one attached hydrogen (secondary N) is 1. The molecule has 0 aliphatic heterocycles. The number of alkyl halides is 3. The fraction of sp³-hybridized carbons (Fsp3) is 0.235. The standard InChI is InChI=1S/C17H14F3N5/c1-3-12-14(10-4-9(2)15-11(5-10)6-22-24-15)16-23-13(17(18,19)20)7-25(16)8-21-12/h4-8H,3H2,1-2H3,(H,22,24). The number of rotatable bonds is 2. The van der Waals surface area contributed by atoms with Gasteiger partial charge in [0.1, 0.15) is 12.0 Å². The number of benzene rings is 1. The molecular formula is C17H14F3N5. The van der Waals surface area contributed by atoms with E-state index in [9.17, 15) is 13.2 Å². The summed E-state index contributed by atoms with van der Waals surface area (Å²) in [6, 6.07) is 3.81. The van der Waals surface area contributed by atoms with Crippen molar-refractivity contribution in [1.82, 2.24) is 24.6 Å². The van der Waals surface area contributed by atoms with E-state index in [0.717, 1.165) is 28.2 Å². The molecule has 0 spiro atoms. The van der Waals surface area contributed by atoms with E-state index in [2.05, 4.69) is 20.2 Å². The van der Waals surface area contributed by atoms with E-state index in [1.54, 1.807) is 6.20 Å². The van der Waals surface area contributed by atoms with Crippen LogP contribution >= 0.6 is 0 Å². The van der Waals surface area contributed by atoms with Crippen LogP contribution in [0, 0.1) is 6.92 Å². The second-order valence-corrected chi connectivity index (χ2v) is 5.90. The molecule has 0 fully saturated rings. The van der Waals surface area contributed by atoms with Crippen molar-refractivity contribution in [3.8, 4) is 11.1 Å². The molecule has 0 atom stereocenters. The Morgan fingerprint density at radius 1 is 1.24 bits per heavy atom. The van der Waals surface area contributed by atoms with E-state index in [4.69, 9.17) is 0 Å². The van der Waals surface area contributed by atoms with Crippen LogP contribution in [-0.2, 0) is 12.6 Å². The van der Waals surface area contributed by atoms with Crippen LogP contribution in [0.5, 0.6) is 0 Å². The van der Waals surface area contributed by atoms with Gasteiger partial charge in [-0.25, -0.2) is 9.97 Å². The summed E-state index contributed by atoms with van der Waals surface area (Å²) in [5.74, 6) is 0. The van der Waals surface area contributed by atoms with Gasteiger partial charge >= 0.3 is 6.18 Å². The summed E-state index contributed by atoms with van der Waals surface area (Å²) >= 11 is 0. The van der Waals surface area contributed by atoms with Gasteiger partial charge in [0, 0.05) is 17.1 Å². The quantitative estimate of drug-likeness (QED) is 0.593. The Morgan fingerprint density at radius 3 is 2.76 bits per heavy atom. The minimum Gasteiger partial charge on any atom is -0.289 e. The molecular weight excluding hydrogens is 331 g/mol. The molecule has 3 heterocycles. The molecule has 25 heavy (non-hydrogen) atoms. The van der Waals surface area contributed by atoms with Gasteiger partial charge < -0.3 is 0 Å². The second kappa shape index (κ2) is 5.30. The summed E-state index contributed by atoms with van der Waals surface area (Å²) in [4.78, 5) is 8.17. The monoisotopic (exact) mass is 345 g/mol. The van der Waals surface area contributed by atoms with Crippen molar-refractivity contribution in [2.75, 3.05) is 0 Å². The van der Waals surface area contributed by atoms with E-state index < -0.39 is 11.9 Å². The summed E-state index contributed by atoms with van der Waals surface area (Å²) in [5.41, 5.74) is 3.28. The third-order valence-corrected chi connectivity index (χ3v) is 4.24. The highest BCUT2D eigenvalue weighted by Crippen LogP contribution is 2.34. The molecule has 3 aromatic heterocycles. The predicted octanol–water partition coefficient (Wildman–Crippen LogP) is 4.16. The van der Waals surface area contributed by atoms with Gasteiger partial charge in [0.15, 0.2) is 5.69 Å². The Balaban J connectivity index is 2.05. The summed E-state index contributed by atoms with van der Waals surface area (Å²) in [6.45, 7) is 3.84. The molecule has 4 rings (SSSR count). The van der Waals surface area contributed by atoms with Crippen LogP contribution in [0.15, 0.2) is 30.9 Å². The van der Waals surface area contributed by atoms with Crippen LogP contribution < -0.4 is 0 Å². The minimum atomic E-state index is -4.50. The number of nitrogens with zero attached hydrogens (tertiary/aromatic N) is 4. The summed E-state index contributed by atoms with van der Waals surface area (Å²) in [7, 11) is 0. The van der Waals surface area contributed by atoms with Crippen molar-refractivity contribution < 1.29 is 13.2 Å². The van der Waals surface area contributed by atoms with Crippen molar-refractivity contribution in [1.29, 1.82) is 0 Å². The lowest BCUT2D eigenvalue weighted by Gasteiger charge is -2.10. The number of imidazole rings is 1. The molecule has 0 aliphatic rings. The zero-order chi connectivity index (χ0) is 17.8. The lowest BCUT2D eigenvalue weighted by atomic mass is 9.99. The highest BCUT2D eigenvalue weighted by atomic mass is 19.4. The van der Waals surface area contributed by atoms with Crippen molar-refractivity contribution in [2.45, 2.75) is 26.4 Å². The molecule has 0 bridgehead atoms. The largest absolute Gasteiger partial charge is 0.434 e. The molecule has 5 nitrogen and oxygen atoms in total. The third-order valence-electron chi connectivity index (χ3n) is 4.24. The zero-order valence-corrected chi connectivity index (χ0v) is 13.5. The van der Waals surface area contributed by atoms with Gasteiger partial charge in [-0.05, 0) is 36.6 Å². The van der Waals surface area contributed by atoms with Crippen LogP contribution in [0.4, 0.5) is 13.2 Å². The Kier molecular flexibility index (Phi) is 3.31. The fourth-order valence-electron chi connectivity index (χ4n) is 3.07. The maximum Gasteiger partial charge on any atom is 0.434 e. The van der Waals surface area contributed by atoms with E-state index >= 15 is 0 Å². The molecule has 0 saturated carbocycles.